The van der Waals surface area contributed by atoms with Gasteiger partial charge in [-0.25, -0.2) is 0 Å². The molecule has 2 aliphatic rings. The van der Waals surface area contributed by atoms with Crippen molar-refractivity contribution in [1.29, 1.82) is 0 Å². The first-order valence-corrected chi connectivity index (χ1v) is 7.23. The smallest absolute Gasteiger partial charge is 0.306 e. The van der Waals surface area contributed by atoms with E-state index in [1.165, 1.54) is 0 Å². The first-order chi connectivity index (χ1) is 9.47. The van der Waals surface area contributed by atoms with E-state index in [4.69, 9.17) is 5.11 Å². The highest BCUT2D eigenvalue weighted by molar-refractivity contribution is 5.83. The summed E-state index contributed by atoms with van der Waals surface area (Å²) in [6.45, 7) is 4.60. The molecule has 2 fully saturated rings. The first-order valence-electron chi connectivity index (χ1n) is 7.23. The van der Waals surface area contributed by atoms with Crippen LogP contribution in [-0.4, -0.2) is 65.3 Å². The molecule has 6 nitrogen and oxygen atoms in total. The summed E-state index contributed by atoms with van der Waals surface area (Å²) >= 11 is 0. The van der Waals surface area contributed by atoms with Gasteiger partial charge in [0.25, 0.3) is 0 Å². The molecule has 1 amide bonds. The monoisotopic (exact) mass is 282 g/mol. The quantitative estimate of drug-likeness (QED) is 0.801. The Hall–Kier alpha value is -1.43. The van der Waals surface area contributed by atoms with Gasteiger partial charge in [0.1, 0.15) is 5.78 Å². The summed E-state index contributed by atoms with van der Waals surface area (Å²) in [5.41, 5.74) is 0. The summed E-state index contributed by atoms with van der Waals surface area (Å²) in [5.74, 6) is -0.743. The fraction of sp³-hybridized carbons (Fsp3) is 0.786. The van der Waals surface area contributed by atoms with Crippen LogP contribution in [0.15, 0.2) is 0 Å². The van der Waals surface area contributed by atoms with Crippen molar-refractivity contribution in [3.05, 3.63) is 0 Å². The second kappa shape index (κ2) is 6.35. The number of Topliss-reactive ketones (excluding diaryl/α,β-unsaturated/α-hetero) is 1. The number of ketones is 1. The van der Waals surface area contributed by atoms with E-state index in [9.17, 15) is 14.4 Å². The molecular formula is C14H22N2O4. The number of carboxylic acid groups (broad SMARTS) is 1. The van der Waals surface area contributed by atoms with Crippen molar-refractivity contribution in [2.24, 2.45) is 11.8 Å². The molecule has 0 saturated carbocycles. The summed E-state index contributed by atoms with van der Waals surface area (Å²) < 4.78 is 0. The molecule has 0 bridgehead atoms. The molecule has 0 aromatic carbocycles. The number of likely N-dealkylation sites (tertiary alicyclic amines) is 2. The van der Waals surface area contributed by atoms with Crippen LogP contribution in [0.4, 0.5) is 0 Å². The van der Waals surface area contributed by atoms with E-state index in [-0.39, 0.29) is 23.5 Å². The average molecular weight is 282 g/mol. The van der Waals surface area contributed by atoms with Crippen LogP contribution in [0.3, 0.4) is 0 Å². The fourth-order valence-electron chi connectivity index (χ4n) is 2.91. The van der Waals surface area contributed by atoms with Crippen LogP contribution in [0.2, 0.25) is 0 Å². The first kappa shape index (κ1) is 15.0. The second-order valence-electron chi connectivity index (χ2n) is 5.85. The Kier molecular flexibility index (Phi) is 4.75. The fourth-order valence-corrected chi connectivity index (χ4v) is 2.91. The molecule has 112 valence electrons. The molecule has 1 unspecified atom stereocenters. The van der Waals surface area contributed by atoms with Crippen LogP contribution in [0.25, 0.3) is 0 Å². The maximum Gasteiger partial charge on any atom is 0.306 e. The Morgan fingerprint density at radius 2 is 1.90 bits per heavy atom. The lowest BCUT2D eigenvalue weighted by Crippen LogP contribution is -2.48. The Balaban J connectivity index is 1.78. The van der Waals surface area contributed by atoms with Crippen molar-refractivity contribution in [3.8, 4) is 0 Å². The highest BCUT2D eigenvalue weighted by Gasteiger charge is 2.29. The van der Waals surface area contributed by atoms with Crippen molar-refractivity contribution in [3.63, 3.8) is 0 Å². The van der Waals surface area contributed by atoms with Crippen LogP contribution in [0.1, 0.15) is 26.2 Å². The third-order valence-electron chi connectivity index (χ3n) is 4.31. The molecule has 0 aromatic rings. The Labute approximate surface area is 118 Å². The van der Waals surface area contributed by atoms with Crippen molar-refractivity contribution in [1.82, 2.24) is 9.80 Å². The molecule has 1 atom stereocenters. The zero-order chi connectivity index (χ0) is 14.7. The van der Waals surface area contributed by atoms with Gasteiger partial charge in [0, 0.05) is 38.5 Å². The van der Waals surface area contributed by atoms with E-state index in [2.05, 4.69) is 0 Å². The van der Waals surface area contributed by atoms with Gasteiger partial charge in [-0.1, -0.05) is 6.92 Å². The number of piperidine rings is 2. The Morgan fingerprint density at radius 3 is 2.45 bits per heavy atom. The number of carbonyl (C=O) groups excluding carboxylic acids is 2. The topological polar surface area (TPSA) is 77.9 Å². The molecule has 2 aliphatic heterocycles. The van der Waals surface area contributed by atoms with E-state index >= 15 is 0 Å². The number of carbonyl (C=O) groups is 3. The minimum Gasteiger partial charge on any atom is -0.481 e. The average Bonchev–Trinajstić information content (AvgIpc) is 2.43. The third-order valence-corrected chi connectivity index (χ3v) is 4.31. The van der Waals surface area contributed by atoms with E-state index in [1.807, 2.05) is 11.8 Å². The van der Waals surface area contributed by atoms with E-state index in [0.717, 1.165) is 0 Å². The van der Waals surface area contributed by atoms with Crippen molar-refractivity contribution >= 4 is 17.7 Å². The summed E-state index contributed by atoms with van der Waals surface area (Å²) in [4.78, 5) is 38.3. The van der Waals surface area contributed by atoms with Gasteiger partial charge in [-0.05, 0) is 12.8 Å². The lowest BCUT2D eigenvalue weighted by atomic mass is 9.96. The van der Waals surface area contributed by atoms with Gasteiger partial charge >= 0.3 is 5.97 Å². The number of carboxylic acids is 1. The highest BCUT2D eigenvalue weighted by Crippen LogP contribution is 2.18. The van der Waals surface area contributed by atoms with Gasteiger partial charge < -0.3 is 10.0 Å². The van der Waals surface area contributed by atoms with E-state index in [1.54, 1.807) is 4.90 Å². The maximum atomic E-state index is 12.2. The minimum atomic E-state index is -0.763. The van der Waals surface area contributed by atoms with Crippen LogP contribution < -0.4 is 0 Å². The second-order valence-corrected chi connectivity index (χ2v) is 5.85. The van der Waals surface area contributed by atoms with Crippen LogP contribution in [0, 0.1) is 11.8 Å². The van der Waals surface area contributed by atoms with Gasteiger partial charge in [-0.3, -0.25) is 19.3 Å². The molecule has 2 rings (SSSR count). The Bertz CT molecular complexity index is 402. The van der Waals surface area contributed by atoms with Gasteiger partial charge in [-0.2, -0.15) is 0 Å². The molecule has 0 spiro atoms. The predicted octanol–water partition coefficient (Wildman–Crippen LogP) is 0.221. The van der Waals surface area contributed by atoms with Crippen LogP contribution in [0.5, 0.6) is 0 Å². The molecule has 2 saturated heterocycles. The third kappa shape index (κ3) is 3.56. The van der Waals surface area contributed by atoms with Gasteiger partial charge in [0.05, 0.1) is 12.5 Å². The molecule has 2 heterocycles. The van der Waals surface area contributed by atoms with Crippen LogP contribution in [-0.2, 0) is 14.4 Å². The summed E-state index contributed by atoms with van der Waals surface area (Å²) in [6.07, 6.45) is 1.60. The largest absolute Gasteiger partial charge is 0.481 e. The minimum absolute atomic E-state index is 0.00861. The molecule has 0 aliphatic carbocycles. The van der Waals surface area contributed by atoms with Gasteiger partial charge in [0.2, 0.25) is 5.91 Å². The Morgan fingerprint density at radius 1 is 1.25 bits per heavy atom. The SMILES string of the molecule is CC1CN(CC(=O)N2CCC(C(=O)O)CC2)CCC1=O. The van der Waals surface area contributed by atoms with E-state index in [0.29, 0.717) is 52.0 Å². The number of amides is 1. The summed E-state index contributed by atoms with van der Waals surface area (Å²) in [7, 11) is 0. The predicted molar refractivity (Wildman–Crippen MR) is 72.2 cm³/mol. The van der Waals surface area contributed by atoms with Crippen LogP contribution >= 0.6 is 0 Å². The molecule has 20 heavy (non-hydrogen) atoms. The van der Waals surface area contributed by atoms with Crippen molar-refractivity contribution in [2.45, 2.75) is 26.2 Å². The lowest BCUT2D eigenvalue weighted by molar-refractivity contribution is -0.146. The molecule has 1 N–H and O–H groups in total. The number of hydrogen-bond donors (Lipinski definition) is 1. The zero-order valence-corrected chi connectivity index (χ0v) is 11.9. The maximum absolute atomic E-state index is 12.2. The summed E-state index contributed by atoms with van der Waals surface area (Å²) in [6, 6.07) is 0. The number of aliphatic carboxylic acids is 1. The van der Waals surface area contributed by atoms with Crippen molar-refractivity contribution in [2.75, 3.05) is 32.7 Å². The molecule has 6 heteroatoms. The highest BCUT2D eigenvalue weighted by atomic mass is 16.4. The standard InChI is InChI=1S/C14H22N2O4/c1-10-8-15(5-4-12(10)17)9-13(18)16-6-2-11(3-7-16)14(19)20/h10-11H,2-9H2,1H3,(H,19,20). The molecular weight excluding hydrogens is 260 g/mol. The summed E-state index contributed by atoms with van der Waals surface area (Å²) in [5, 5.41) is 8.93. The molecule has 0 radical (unpaired) electrons. The van der Waals surface area contributed by atoms with E-state index < -0.39 is 5.97 Å². The van der Waals surface area contributed by atoms with Gasteiger partial charge in [0.15, 0.2) is 0 Å². The molecule has 0 aromatic heterocycles. The number of rotatable bonds is 3. The normalized spacial score (nSPS) is 25.8. The number of hydrogen-bond acceptors (Lipinski definition) is 4. The van der Waals surface area contributed by atoms with Gasteiger partial charge in [-0.15, -0.1) is 0 Å². The zero-order valence-electron chi connectivity index (χ0n) is 11.9. The number of nitrogens with zero attached hydrogens (tertiary/aromatic N) is 2. The van der Waals surface area contributed by atoms with Crippen molar-refractivity contribution < 1.29 is 19.5 Å². The lowest BCUT2D eigenvalue weighted by Gasteiger charge is -2.34.